The monoisotopic (exact) mass is 185 g/mol. The summed E-state index contributed by atoms with van der Waals surface area (Å²) in [5.41, 5.74) is 0. The summed E-state index contributed by atoms with van der Waals surface area (Å²) in [6.07, 6.45) is 2.99. The summed E-state index contributed by atoms with van der Waals surface area (Å²) in [5, 5.41) is 0. The largest absolute Gasteiger partial charge is 0.377 e. The maximum Gasteiger partial charge on any atom is 0.0702 e. The van der Waals surface area contributed by atoms with Crippen LogP contribution in [0.2, 0.25) is 0 Å². The van der Waals surface area contributed by atoms with E-state index in [-0.39, 0.29) is 0 Å². The Hall–Kier alpha value is -0.0800. The highest BCUT2D eigenvalue weighted by molar-refractivity contribution is 4.81. The Morgan fingerprint density at radius 3 is 2.62 bits per heavy atom. The van der Waals surface area contributed by atoms with Crippen LogP contribution in [-0.4, -0.2) is 36.2 Å². The molecule has 0 aromatic carbocycles. The zero-order chi connectivity index (χ0) is 9.84. The predicted molar refractivity (Wildman–Crippen MR) is 56.0 cm³/mol. The standard InChI is InChI=1S/C11H23NO/c1-5-13-11-7-6-10(4)12(8-11)9(2)3/h9-11H,5-8H2,1-4H3/t10-,11-/m0/s1. The van der Waals surface area contributed by atoms with Crippen LogP contribution >= 0.6 is 0 Å². The van der Waals surface area contributed by atoms with Gasteiger partial charge in [-0.15, -0.1) is 0 Å². The van der Waals surface area contributed by atoms with Crippen molar-refractivity contribution in [1.82, 2.24) is 4.90 Å². The van der Waals surface area contributed by atoms with Crippen LogP contribution in [0.15, 0.2) is 0 Å². The van der Waals surface area contributed by atoms with E-state index in [0.717, 1.165) is 19.2 Å². The number of nitrogens with zero attached hydrogens (tertiary/aromatic N) is 1. The van der Waals surface area contributed by atoms with Gasteiger partial charge in [-0.2, -0.15) is 0 Å². The fourth-order valence-electron chi connectivity index (χ4n) is 2.19. The molecule has 0 radical (unpaired) electrons. The van der Waals surface area contributed by atoms with Gasteiger partial charge in [-0.3, -0.25) is 4.90 Å². The lowest BCUT2D eigenvalue weighted by atomic mass is 10.00. The number of piperidine rings is 1. The van der Waals surface area contributed by atoms with Gasteiger partial charge in [-0.05, 0) is 40.5 Å². The van der Waals surface area contributed by atoms with E-state index in [1.165, 1.54) is 12.8 Å². The van der Waals surface area contributed by atoms with Crippen molar-refractivity contribution < 1.29 is 4.74 Å². The summed E-state index contributed by atoms with van der Waals surface area (Å²) in [6.45, 7) is 10.9. The van der Waals surface area contributed by atoms with Crippen molar-refractivity contribution in [3.63, 3.8) is 0 Å². The van der Waals surface area contributed by atoms with Crippen LogP contribution in [0.4, 0.5) is 0 Å². The van der Waals surface area contributed by atoms with Crippen LogP contribution in [0.1, 0.15) is 40.5 Å². The molecule has 0 aromatic rings. The van der Waals surface area contributed by atoms with Crippen molar-refractivity contribution in [1.29, 1.82) is 0 Å². The first-order valence-corrected chi connectivity index (χ1v) is 5.52. The van der Waals surface area contributed by atoms with E-state index in [2.05, 4.69) is 32.6 Å². The first-order valence-electron chi connectivity index (χ1n) is 5.52. The molecule has 0 spiro atoms. The first-order chi connectivity index (χ1) is 6.15. The third kappa shape index (κ3) is 2.96. The minimum atomic E-state index is 0.476. The molecule has 78 valence electrons. The quantitative estimate of drug-likeness (QED) is 0.669. The first kappa shape index (κ1) is 11.0. The second-order valence-electron chi connectivity index (χ2n) is 4.29. The molecule has 0 amide bonds. The van der Waals surface area contributed by atoms with Crippen LogP contribution in [0.5, 0.6) is 0 Å². The average molecular weight is 185 g/mol. The number of hydrogen-bond acceptors (Lipinski definition) is 2. The Morgan fingerprint density at radius 2 is 2.08 bits per heavy atom. The van der Waals surface area contributed by atoms with Gasteiger partial charge in [0.05, 0.1) is 6.10 Å². The third-order valence-electron chi connectivity index (χ3n) is 2.95. The predicted octanol–water partition coefficient (Wildman–Crippen LogP) is 2.28. The van der Waals surface area contributed by atoms with Crippen molar-refractivity contribution in [2.24, 2.45) is 0 Å². The molecule has 2 heteroatoms. The number of likely N-dealkylation sites (tertiary alicyclic amines) is 1. The summed E-state index contributed by atoms with van der Waals surface area (Å²) >= 11 is 0. The van der Waals surface area contributed by atoms with Gasteiger partial charge < -0.3 is 4.74 Å². The Morgan fingerprint density at radius 1 is 1.38 bits per heavy atom. The molecule has 13 heavy (non-hydrogen) atoms. The van der Waals surface area contributed by atoms with Crippen LogP contribution in [0, 0.1) is 0 Å². The summed E-state index contributed by atoms with van der Waals surface area (Å²) in [4.78, 5) is 2.55. The Bertz CT molecular complexity index is 147. The summed E-state index contributed by atoms with van der Waals surface area (Å²) < 4.78 is 5.67. The molecule has 0 aromatic heterocycles. The van der Waals surface area contributed by atoms with E-state index in [4.69, 9.17) is 4.74 Å². The van der Waals surface area contributed by atoms with Gasteiger partial charge in [-0.25, -0.2) is 0 Å². The lowest BCUT2D eigenvalue weighted by Crippen LogP contribution is -2.48. The minimum absolute atomic E-state index is 0.476. The van der Waals surface area contributed by atoms with Crippen molar-refractivity contribution >= 4 is 0 Å². The Labute approximate surface area is 82.3 Å². The number of rotatable bonds is 3. The molecule has 0 N–H and O–H groups in total. The van der Waals surface area contributed by atoms with E-state index < -0.39 is 0 Å². The number of hydrogen-bond donors (Lipinski definition) is 0. The highest BCUT2D eigenvalue weighted by atomic mass is 16.5. The normalized spacial score (nSPS) is 31.2. The third-order valence-corrected chi connectivity index (χ3v) is 2.95. The molecular weight excluding hydrogens is 162 g/mol. The lowest BCUT2D eigenvalue weighted by molar-refractivity contribution is -0.0223. The van der Waals surface area contributed by atoms with Crippen LogP contribution in [0.3, 0.4) is 0 Å². The highest BCUT2D eigenvalue weighted by Crippen LogP contribution is 2.21. The minimum Gasteiger partial charge on any atom is -0.377 e. The average Bonchev–Trinajstić information content (AvgIpc) is 2.08. The summed E-state index contributed by atoms with van der Waals surface area (Å²) in [6, 6.07) is 1.38. The zero-order valence-corrected chi connectivity index (χ0v) is 9.42. The van der Waals surface area contributed by atoms with Gasteiger partial charge in [0.25, 0.3) is 0 Å². The van der Waals surface area contributed by atoms with Gasteiger partial charge in [0.1, 0.15) is 0 Å². The maximum absolute atomic E-state index is 5.67. The van der Waals surface area contributed by atoms with Crippen molar-refractivity contribution in [2.45, 2.75) is 58.7 Å². The van der Waals surface area contributed by atoms with E-state index in [1.54, 1.807) is 0 Å². The molecule has 1 saturated heterocycles. The SMILES string of the molecule is CCO[C@H]1CC[C@H](C)N(C(C)C)C1. The fraction of sp³-hybridized carbons (Fsp3) is 1.00. The van der Waals surface area contributed by atoms with E-state index in [1.807, 2.05) is 0 Å². The van der Waals surface area contributed by atoms with Crippen LogP contribution < -0.4 is 0 Å². The van der Waals surface area contributed by atoms with E-state index in [0.29, 0.717) is 12.1 Å². The highest BCUT2D eigenvalue weighted by Gasteiger charge is 2.26. The second-order valence-corrected chi connectivity index (χ2v) is 4.29. The van der Waals surface area contributed by atoms with Gasteiger partial charge in [0.2, 0.25) is 0 Å². The molecule has 2 atom stereocenters. The molecule has 1 rings (SSSR count). The molecule has 0 saturated carbocycles. The molecular formula is C11H23NO. The Kier molecular flexibility index (Phi) is 4.20. The molecule has 0 bridgehead atoms. The van der Waals surface area contributed by atoms with Crippen molar-refractivity contribution in [2.75, 3.05) is 13.2 Å². The molecule has 1 aliphatic heterocycles. The molecule has 0 aliphatic carbocycles. The van der Waals surface area contributed by atoms with Gasteiger partial charge in [0, 0.05) is 25.2 Å². The maximum atomic E-state index is 5.67. The lowest BCUT2D eigenvalue weighted by Gasteiger charge is -2.40. The zero-order valence-electron chi connectivity index (χ0n) is 9.42. The van der Waals surface area contributed by atoms with Crippen LogP contribution in [-0.2, 0) is 4.74 Å². The molecule has 1 aliphatic rings. The molecule has 2 nitrogen and oxygen atoms in total. The molecule has 1 fully saturated rings. The van der Waals surface area contributed by atoms with Gasteiger partial charge in [0.15, 0.2) is 0 Å². The van der Waals surface area contributed by atoms with E-state index >= 15 is 0 Å². The summed E-state index contributed by atoms with van der Waals surface area (Å²) in [7, 11) is 0. The van der Waals surface area contributed by atoms with Gasteiger partial charge in [-0.1, -0.05) is 0 Å². The number of ether oxygens (including phenoxy) is 1. The molecule has 1 heterocycles. The summed E-state index contributed by atoms with van der Waals surface area (Å²) in [5.74, 6) is 0. The van der Waals surface area contributed by atoms with E-state index in [9.17, 15) is 0 Å². The molecule has 0 unspecified atom stereocenters. The van der Waals surface area contributed by atoms with Gasteiger partial charge >= 0.3 is 0 Å². The smallest absolute Gasteiger partial charge is 0.0702 e. The van der Waals surface area contributed by atoms with Crippen LogP contribution in [0.25, 0.3) is 0 Å². The van der Waals surface area contributed by atoms with Crippen molar-refractivity contribution in [3.05, 3.63) is 0 Å². The van der Waals surface area contributed by atoms with Crippen molar-refractivity contribution in [3.8, 4) is 0 Å². The fourth-order valence-corrected chi connectivity index (χ4v) is 2.19. The second kappa shape index (κ2) is 4.97. The Balaban J connectivity index is 2.43. The topological polar surface area (TPSA) is 12.5 Å².